The molecule has 1 saturated heterocycles. The van der Waals surface area contributed by atoms with Gasteiger partial charge < -0.3 is 0 Å². The van der Waals surface area contributed by atoms with Gasteiger partial charge in [0.1, 0.15) is 11.4 Å². The Bertz CT molecular complexity index is 715. The van der Waals surface area contributed by atoms with Crippen LogP contribution in [0.1, 0.15) is 12.5 Å². The van der Waals surface area contributed by atoms with Crippen LogP contribution in [0.5, 0.6) is 0 Å². The topological polar surface area (TPSA) is 80.8 Å². The van der Waals surface area contributed by atoms with Gasteiger partial charge in [0.05, 0.1) is 6.26 Å². The van der Waals surface area contributed by atoms with Crippen LogP contribution < -0.4 is 0 Å². The lowest BCUT2D eigenvalue weighted by atomic mass is 10.2. The maximum Gasteiger partial charge on any atom is 0.264 e. The molecule has 1 aromatic rings. The molecule has 8 heteroatoms. The van der Waals surface area contributed by atoms with E-state index < -0.39 is 31.3 Å². The van der Waals surface area contributed by atoms with E-state index in [1.54, 1.807) is 6.92 Å². The van der Waals surface area contributed by atoms with Gasteiger partial charge in [-0.1, -0.05) is 30.3 Å². The molecule has 0 aliphatic carbocycles. The molecule has 1 aromatic carbocycles. The smallest absolute Gasteiger partial charge is 0.264 e. The predicted octanol–water partition coefficient (Wildman–Crippen LogP) is 0.649. The van der Waals surface area contributed by atoms with E-state index in [9.17, 15) is 16.8 Å². The van der Waals surface area contributed by atoms with Crippen molar-refractivity contribution in [3.63, 3.8) is 0 Å². The van der Waals surface area contributed by atoms with E-state index in [0.29, 0.717) is 6.54 Å². The SMILES string of the molecule is CC1C(OS(C)(=O)=O)C(S(C)(=O)=O)CN1Cc1ccccc1. The number of sulfone groups is 1. The van der Waals surface area contributed by atoms with Crippen LogP contribution in [0.25, 0.3) is 0 Å². The molecule has 124 valence electrons. The van der Waals surface area contributed by atoms with Gasteiger partial charge in [0, 0.05) is 25.4 Å². The summed E-state index contributed by atoms with van der Waals surface area (Å²) in [5, 5.41) is -0.846. The van der Waals surface area contributed by atoms with Crippen molar-refractivity contribution < 1.29 is 21.0 Å². The molecule has 0 amide bonds. The maximum atomic E-state index is 12.0. The lowest BCUT2D eigenvalue weighted by Crippen LogP contribution is -2.39. The van der Waals surface area contributed by atoms with Crippen molar-refractivity contribution in [2.75, 3.05) is 19.1 Å². The Kier molecular flexibility index (Phi) is 4.96. The molecular formula is C14H21NO5S2. The Morgan fingerprint density at radius 3 is 2.23 bits per heavy atom. The van der Waals surface area contributed by atoms with Gasteiger partial charge in [0.2, 0.25) is 0 Å². The minimum Gasteiger partial charge on any atom is -0.292 e. The molecule has 0 N–H and O–H groups in total. The quantitative estimate of drug-likeness (QED) is 0.728. The second-order valence-corrected chi connectivity index (χ2v) is 9.65. The van der Waals surface area contributed by atoms with Crippen molar-refractivity contribution in [2.45, 2.75) is 30.9 Å². The minimum atomic E-state index is -3.72. The molecule has 0 aromatic heterocycles. The summed E-state index contributed by atoms with van der Waals surface area (Å²) < 4.78 is 51.9. The molecule has 22 heavy (non-hydrogen) atoms. The molecule has 1 aliphatic heterocycles. The lowest BCUT2D eigenvalue weighted by Gasteiger charge is -2.24. The molecule has 1 aliphatic rings. The van der Waals surface area contributed by atoms with E-state index in [-0.39, 0.29) is 12.6 Å². The van der Waals surface area contributed by atoms with Crippen LogP contribution in [0.15, 0.2) is 30.3 Å². The average molecular weight is 347 g/mol. The van der Waals surface area contributed by atoms with Crippen molar-refractivity contribution in [1.82, 2.24) is 4.90 Å². The van der Waals surface area contributed by atoms with E-state index in [4.69, 9.17) is 4.18 Å². The number of hydrogen-bond donors (Lipinski definition) is 0. The van der Waals surface area contributed by atoms with Crippen LogP contribution in [0.3, 0.4) is 0 Å². The van der Waals surface area contributed by atoms with Crippen molar-refractivity contribution in [3.8, 4) is 0 Å². The highest BCUT2D eigenvalue weighted by Gasteiger charge is 2.46. The fourth-order valence-corrected chi connectivity index (χ4v) is 4.77. The number of hydrogen-bond acceptors (Lipinski definition) is 6. The second kappa shape index (κ2) is 6.27. The van der Waals surface area contributed by atoms with Crippen LogP contribution >= 0.6 is 0 Å². The zero-order valence-electron chi connectivity index (χ0n) is 12.8. The predicted molar refractivity (Wildman–Crippen MR) is 84.7 cm³/mol. The molecule has 6 nitrogen and oxygen atoms in total. The number of rotatable bonds is 5. The summed E-state index contributed by atoms with van der Waals surface area (Å²) in [7, 11) is -7.13. The molecule has 1 fully saturated rings. The zero-order chi connectivity index (χ0) is 16.5. The van der Waals surface area contributed by atoms with E-state index in [1.807, 2.05) is 35.2 Å². The molecular weight excluding hydrogens is 326 g/mol. The standard InChI is InChI=1S/C14H21NO5S2/c1-11-14(20-22(3,18)19)13(21(2,16)17)10-15(11)9-12-7-5-4-6-8-12/h4-8,11,13-14H,9-10H2,1-3H3. The number of nitrogens with zero attached hydrogens (tertiary/aromatic N) is 1. The molecule has 1 heterocycles. The Balaban J connectivity index is 2.25. The summed E-state index contributed by atoms with van der Waals surface area (Å²) >= 11 is 0. The van der Waals surface area contributed by atoms with Gasteiger partial charge in [0.15, 0.2) is 9.84 Å². The van der Waals surface area contributed by atoms with Gasteiger partial charge in [-0.2, -0.15) is 8.42 Å². The zero-order valence-corrected chi connectivity index (χ0v) is 14.5. The van der Waals surface area contributed by atoms with Crippen molar-refractivity contribution in [2.24, 2.45) is 0 Å². The molecule has 2 rings (SSSR count). The van der Waals surface area contributed by atoms with Crippen LogP contribution in [0, 0.1) is 0 Å². The van der Waals surface area contributed by atoms with Gasteiger partial charge in [-0.15, -0.1) is 0 Å². The summed E-state index contributed by atoms with van der Waals surface area (Å²) in [4.78, 5) is 1.94. The first kappa shape index (κ1) is 17.4. The van der Waals surface area contributed by atoms with E-state index in [2.05, 4.69) is 0 Å². The van der Waals surface area contributed by atoms with Gasteiger partial charge in [-0.3, -0.25) is 9.08 Å². The third-order valence-electron chi connectivity index (χ3n) is 3.90. The average Bonchev–Trinajstić information content (AvgIpc) is 2.67. The van der Waals surface area contributed by atoms with Crippen LogP contribution in [-0.4, -0.2) is 58.2 Å². The maximum absolute atomic E-state index is 12.0. The van der Waals surface area contributed by atoms with Crippen molar-refractivity contribution in [1.29, 1.82) is 0 Å². The highest BCUT2D eigenvalue weighted by molar-refractivity contribution is 7.91. The first-order valence-electron chi connectivity index (χ1n) is 6.93. The largest absolute Gasteiger partial charge is 0.292 e. The Labute approximate surface area is 132 Å². The number of likely N-dealkylation sites (tertiary alicyclic amines) is 1. The van der Waals surface area contributed by atoms with E-state index in [0.717, 1.165) is 18.1 Å². The van der Waals surface area contributed by atoms with Crippen molar-refractivity contribution in [3.05, 3.63) is 35.9 Å². The molecule has 3 atom stereocenters. The normalized spacial score (nSPS) is 27.1. The van der Waals surface area contributed by atoms with Crippen molar-refractivity contribution >= 4 is 20.0 Å². The Morgan fingerprint density at radius 1 is 1.14 bits per heavy atom. The van der Waals surface area contributed by atoms with Gasteiger partial charge in [-0.25, -0.2) is 8.42 Å². The summed E-state index contributed by atoms with van der Waals surface area (Å²) in [5.41, 5.74) is 1.04. The Morgan fingerprint density at radius 2 is 1.73 bits per heavy atom. The summed E-state index contributed by atoms with van der Waals surface area (Å²) in [5.74, 6) is 0. The lowest BCUT2D eigenvalue weighted by molar-refractivity contribution is 0.150. The first-order valence-corrected chi connectivity index (χ1v) is 10.7. The third-order valence-corrected chi connectivity index (χ3v) is 5.99. The summed E-state index contributed by atoms with van der Waals surface area (Å²) in [6.07, 6.45) is 1.18. The molecule has 0 bridgehead atoms. The second-order valence-electron chi connectivity index (χ2n) is 5.79. The molecule has 0 spiro atoms. The Hall–Kier alpha value is -0.960. The van der Waals surface area contributed by atoms with Gasteiger partial charge in [0.25, 0.3) is 10.1 Å². The first-order chi connectivity index (χ1) is 10.1. The highest BCUT2D eigenvalue weighted by atomic mass is 32.2. The summed E-state index contributed by atoms with van der Waals surface area (Å²) in [6.45, 7) is 2.61. The summed E-state index contributed by atoms with van der Waals surface area (Å²) in [6, 6.07) is 9.32. The van der Waals surface area contributed by atoms with Gasteiger partial charge in [-0.05, 0) is 12.5 Å². The molecule has 0 saturated carbocycles. The minimum absolute atomic E-state index is 0.259. The molecule has 0 radical (unpaired) electrons. The highest BCUT2D eigenvalue weighted by Crippen LogP contribution is 2.28. The molecule has 3 unspecified atom stereocenters. The third kappa shape index (κ3) is 4.28. The van der Waals surface area contributed by atoms with Crippen LogP contribution in [0.4, 0.5) is 0 Å². The van der Waals surface area contributed by atoms with E-state index >= 15 is 0 Å². The van der Waals surface area contributed by atoms with Gasteiger partial charge >= 0.3 is 0 Å². The fourth-order valence-electron chi connectivity index (χ4n) is 2.77. The van der Waals surface area contributed by atoms with Crippen LogP contribution in [0.2, 0.25) is 0 Å². The monoisotopic (exact) mass is 347 g/mol. The fraction of sp³-hybridized carbons (Fsp3) is 0.571. The van der Waals surface area contributed by atoms with E-state index in [1.165, 1.54) is 0 Å². The van der Waals surface area contributed by atoms with Crippen LogP contribution in [-0.2, 0) is 30.7 Å². The number of benzene rings is 1.